The van der Waals surface area contributed by atoms with E-state index in [1.54, 1.807) is 0 Å². The summed E-state index contributed by atoms with van der Waals surface area (Å²) in [6.45, 7) is 1.73. The van der Waals surface area contributed by atoms with E-state index in [-0.39, 0.29) is 18.0 Å². The number of amides is 1. The largest absolute Gasteiger partial charge is 0.398 e. The fraction of sp³-hybridized carbons (Fsp3) is 0.538. The maximum absolute atomic E-state index is 11.6. The second kappa shape index (κ2) is 6.38. The van der Waals surface area contributed by atoms with E-state index in [0.29, 0.717) is 18.8 Å². The quantitative estimate of drug-likeness (QED) is 0.678. The minimum absolute atomic E-state index is 0.0213. The number of rotatable bonds is 7. The van der Waals surface area contributed by atoms with E-state index in [0.717, 1.165) is 12.5 Å². The van der Waals surface area contributed by atoms with E-state index in [9.17, 15) is 9.59 Å². The minimum Gasteiger partial charge on any atom is -0.398 e. The summed E-state index contributed by atoms with van der Waals surface area (Å²) < 4.78 is 6.69. The molecular weight excluding hydrogens is 246 g/mol. The zero-order valence-electron chi connectivity index (χ0n) is 10.8. The summed E-state index contributed by atoms with van der Waals surface area (Å²) in [5.41, 5.74) is 5.78. The SMILES string of the molecule is Nc1ccc(=O)n(CC(=O)NCCOCC2CC2)c1. The van der Waals surface area contributed by atoms with Gasteiger partial charge in [-0.05, 0) is 24.8 Å². The number of pyridine rings is 1. The Kier molecular flexibility index (Phi) is 4.57. The monoisotopic (exact) mass is 265 g/mol. The van der Waals surface area contributed by atoms with Crippen LogP contribution in [0.25, 0.3) is 0 Å². The molecule has 104 valence electrons. The number of anilines is 1. The zero-order valence-corrected chi connectivity index (χ0v) is 10.8. The number of aromatic nitrogens is 1. The van der Waals surface area contributed by atoms with Crippen LogP contribution in [-0.4, -0.2) is 30.2 Å². The Bertz CT molecular complexity index is 494. The van der Waals surface area contributed by atoms with Crippen molar-refractivity contribution >= 4 is 11.6 Å². The van der Waals surface area contributed by atoms with Gasteiger partial charge in [-0.2, -0.15) is 0 Å². The molecule has 1 saturated carbocycles. The second-order valence-electron chi connectivity index (χ2n) is 4.80. The molecule has 0 atom stereocenters. The predicted octanol–water partition coefficient (Wildman–Crippen LogP) is -0.0267. The van der Waals surface area contributed by atoms with Crippen molar-refractivity contribution in [2.45, 2.75) is 19.4 Å². The first-order chi connectivity index (χ1) is 9.15. The fourth-order valence-corrected chi connectivity index (χ4v) is 1.68. The standard InChI is InChI=1S/C13H19N3O3/c14-11-3-4-13(18)16(7-11)8-12(17)15-5-6-19-9-10-1-2-10/h3-4,7,10H,1-2,5-6,8-9,14H2,(H,15,17). The van der Waals surface area contributed by atoms with Gasteiger partial charge in [-0.3, -0.25) is 9.59 Å². The van der Waals surface area contributed by atoms with Gasteiger partial charge in [-0.25, -0.2) is 0 Å². The van der Waals surface area contributed by atoms with Crippen LogP contribution in [0.15, 0.2) is 23.1 Å². The number of nitrogens with two attached hydrogens (primary N) is 1. The van der Waals surface area contributed by atoms with E-state index < -0.39 is 0 Å². The lowest BCUT2D eigenvalue weighted by molar-refractivity contribution is -0.121. The predicted molar refractivity (Wildman–Crippen MR) is 71.7 cm³/mol. The lowest BCUT2D eigenvalue weighted by Gasteiger charge is -2.08. The third-order valence-electron chi connectivity index (χ3n) is 2.94. The van der Waals surface area contributed by atoms with Gasteiger partial charge in [0.15, 0.2) is 0 Å². The molecule has 1 aromatic heterocycles. The Balaban J connectivity index is 1.68. The van der Waals surface area contributed by atoms with Gasteiger partial charge in [0, 0.05) is 31.1 Å². The van der Waals surface area contributed by atoms with Crippen LogP contribution in [0.2, 0.25) is 0 Å². The zero-order chi connectivity index (χ0) is 13.7. The van der Waals surface area contributed by atoms with E-state index in [4.69, 9.17) is 10.5 Å². The van der Waals surface area contributed by atoms with Gasteiger partial charge < -0.3 is 20.4 Å². The topological polar surface area (TPSA) is 86.4 Å². The molecule has 19 heavy (non-hydrogen) atoms. The highest BCUT2D eigenvalue weighted by Gasteiger charge is 2.20. The van der Waals surface area contributed by atoms with Crippen molar-refractivity contribution in [1.29, 1.82) is 0 Å². The van der Waals surface area contributed by atoms with Crippen molar-refractivity contribution in [3.05, 3.63) is 28.7 Å². The first-order valence-corrected chi connectivity index (χ1v) is 6.45. The molecule has 0 spiro atoms. The van der Waals surface area contributed by atoms with E-state index in [1.807, 2.05) is 0 Å². The molecule has 0 radical (unpaired) electrons. The Morgan fingerprint density at radius 1 is 1.47 bits per heavy atom. The van der Waals surface area contributed by atoms with Gasteiger partial charge >= 0.3 is 0 Å². The lowest BCUT2D eigenvalue weighted by Crippen LogP contribution is -2.33. The molecule has 6 nitrogen and oxygen atoms in total. The molecule has 1 heterocycles. The molecule has 0 aliphatic heterocycles. The van der Waals surface area contributed by atoms with Crippen molar-refractivity contribution in [2.24, 2.45) is 5.92 Å². The maximum atomic E-state index is 11.6. The van der Waals surface area contributed by atoms with Crippen LogP contribution in [0.4, 0.5) is 5.69 Å². The number of carbonyl (C=O) groups is 1. The first-order valence-electron chi connectivity index (χ1n) is 6.45. The third kappa shape index (κ3) is 4.75. The summed E-state index contributed by atoms with van der Waals surface area (Å²) >= 11 is 0. The maximum Gasteiger partial charge on any atom is 0.251 e. The molecule has 1 aliphatic rings. The van der Waals surface area contributed by atoms with Crippen LogP contribution in [0.3, 0.4) is 0 Å². The van der Waals surface area contributed by atoms with Crippen LogP contribution in [0.5, 0.6) is 0 Å². The smallest absolute Gasteiger partial charge is 0.251 e. The Hall–Kier alpha value is -1.82. The number of ether oxygens (including phenoxy) is 1. The van der Waals surface area contributed by atoms with Gasteiger partial charge in [0.2, 0.25) is 5.91 Å². The number of nitrogens with zero attached hydrogens (tertiary/aromatic N) is 1. The molecule has 6 heteroatoms. The van der Waals surface area contributed by atoms with Gasteiger partial charge in [-0.1, -0.05) is 0 Å². The molecule has 1 aromatic rings. The van der Waals surface area contributed by atoms with Crippen molar-refractivity contribution in [3.8, 4) is 0 Å². The first kappa shape index (κ1) is 13.6. The Morgan fingerprint density at radius 3 is 3.00 bits per heavy atom. The normalized spacial score (nSPS) is 14.3. The van der Waals surface area contributed by atoms with Crippen molar-refractivity contribution in [1.82, 2.24) is 9.88 Å². The third-order valence-corrected chi connectivity index (χ3v) is 2.94. The molecule has 1 aliphatic carbocycles. The summed E-state index contributed by atoms with van der Waals surface area (Å²) in [7, 11) is 0. The summed E-state index contributed by atoms with van der Waals surface area (Å²) in [5.74, 6) is 0.504. The molecule has 0 unspecified atom stereocenters. The van der Waals surface area contributed by atoms with Gasteiger partial charge in [0.25, 0.3) is 5.56 Å². The average Bonchev–Trinajstić information content (AvgIpc) is 3.17. The number of carbonyl (C=O) groups excluding carboxylic acids is 1. The van der Waals surface area contributed by atoms with Gasteiger partial charge in [0.05, 0.1) is 6.61 Å². The van der Waals surface area contributed by atoms with Crippen LogP contribution in [0, 0.1) is 5.92 Å². The van der Waals surface area contributed by atoms with Crippen LogP contribution >= 0.6 is 0 Å². The minimum atomic E-state index is -0.241. The van der Waals surface area contributed by atoms with Crippen LogP contribution in [-0.2, 0) is 16.1 Å². The average molecular weight is 265 g/mol. The lowest BCUT2D eigenvalue weighted by atomic mass is 10.4. The summed E-state index contributed by atoms with van der Waals surface area (Å²) in [4.78, 5) is 23.1. The van der Waals surface area contributed by atoms with Gasteiger partial charge in [-0.15, -0.1) is 0 Å². The number of nitrogen functional groups attached to an aromatic ring is 1. The van der Waals surface area contributed by atoms with E-state index in [2.05, 4.69) is 5.32 Å². The molecule has 3 N–H and O–H groups in total. The molecule has 0 bridgehead atoms. The number of hydrogen-bond donors (Lipinski definition) is 2. The second-order valence-corrected chi connectivity index (χ2v) is 4.80. The van der Waals surface area contributed by atoms with Crippen molar-refractivity contribution in [3.63, 3.8) is 0 Å². The Morgan fingerprint density at radius 2 is 2.26 bits per heavy atom. The van der Waals surface area contributed by atoms with Crippen molar-refractivity contribution < 1.29 is 9.53 Å². The molecule has 0 saturated heterocycles. The molecule has 2 rings (SSSR count). The summed E-state index contributed by atoms with van der Waals surface area (Å²) in [6.07, 6.45) is 3.97. The molecule has 1 amide bonds. The van der Waals surface area contributed by atoms with E-state index >= 15 is 0 Å². The molecular formula is C13H19N3O3. The van der Waals surface area contributed by atoms with Crippen LogP contribution < -0.4 is 16.6 Å². The highest BCUT2D eigenvalue weighted by atomic mass is 16.5. The van der Waals surface area contributed by atoms with Crippen LogP contribution in [0.1, 0.15) is 12.8 Å². The Labute approximate surface area is 111 Å². The molecule has 0 aromatic carbocycles. The number of hydrogen-bond acceptors (Lipinski definition) is 4. The number of nitrogens with one attached hydrogen (secondary N) is 1. The summed E-state index contributed by atoms with van der Waals surface area (Å²) in [6, 6.07) is 2.86. The van der Waals surface area contributed by atoms with Gasteiger partial charge in [0.1, 0.15) is 6.54 Å². The summed E-state index contributed by atoms with van der Waals surface area (Å²) in [5, 5.41) is 2.71. The van der Waals surface area contributed by atoms with E-state index in [1.165, 1.54) is 35.7 Å². The van der Waals surface area contributed by atoms with Crippen molar-refractivity contribution in [2.75, 3.05) is 25.5 Å². The highest BCUT2D eigenvalue weighted by Crippen LogP contribution is 2.28. The molecule has 1 fully saturated rings. The fourth-order valence-electron chi connectivity index (χ4n) is 1.68. The highest BCUT2D eigenvalue weighted by molar-refractivity contribution is 5.75.